The lowest BCUT2D eigenvalue weighted by Gasteiger charge is -2.14. The van der Waals surface area contributed by atoms with E-state index < -0.39 is 20.0 Å². The van der Waals surface area contributed by atoms with Crippen LogP contribution in [-0.2, 0) is 24.8 Å². The number of hydrogen-bond acceptors (Lipinski definition) is 6. The van der Waals surface area contributed by atoms with Crippen molar-refractivity contribution in [3.8, 4) is 0 Å². The molecule has 7 N–H and O–H groups in total. The molecule has 0 fully saturated rings. The van der Waals surface area contributed by atoms with Crippen molar-refractivity contribution >= 4 is 66.8 Å². The van der Waals surface area contributed by atoms with Crippen molar-refractivity contribution in [2.75, 3.05) is 10.6 Å². The zero-order valence-corrected chi connectivity index (χ0v) is 20.6. The molecule has 178 valence electrons. The molecule has 0 aliphatic carbocycles. The number of nitrogens with one attached hydrogen (secondary N) is 3. The number of nitrogens with two attached hydrogens (primary N) is 2. The first kappa shape index (κ1) is 26.4. The van der Waals surface area contributed by atoms with Gasteiger partial charge in [-0.05, 0) is 61.5 Å². The van der Waals surface area contributed by atoms with Gasteiger partial charge in [0.1, 0.15) is 0 Å². The Morgan fingerprint density at radius 3 is 1.67 bits per heavy atom. The topological polar surface area (TPSA) is 173 Å². The van der Waals surface area contributed by atoms with E-state index in [9.17, 15) is 21.6 Å². The molecule has 0 spiro atoms. The second-order valence-electron chi connectivity index (χ2n) is 7.36. The summed E-state index contributed by atoms with van der Waals surface area (Å²) in [6.07, 6.45) is 2.79. The number of primary sulfonamides is 2. The lowest BCUT2D eigenvalue weighted by atomic mass is 10.1. The molecular weight excluding hydrogens is 486 g/mol. The first-order valence-corrected chi connectivity index (χ1v) is 13.0. The zero-order chi connectivity index (χ0) is 25.0. The van der Waals surface area contributed by atoms with E-state index in [0.29, 0.717) is 10.8 Å². The SMILES string of the molecule is CC(=O)Nc1ccc(C=Cc2ccc(NC(=S)NC(C)C)cc2S(N)(=O)=O)c(S(N)(=O)=O)c1. The largest absolute Gasteiger partial charge is 0.360 e. The molecule has 1 amide bonds. The van der Waals surface area contributed by atoms with Gasteiger partial charge in [-0.2, -0.15) is 0 Å². The molecule has 33 heavy (non-hydrogen) atoms. The van der Waals surface area contributed by atoms with Gasteiger partial charge >= 0.3 is 0 Å². The summed E-state index contributed by atoms with van der Waals surface area (Å²) in [5, 5.41) is 19.3. The highest BCUT2D eigenvalue weighted by molar-refractivity contribution is 7.89. The summed E-state index contributed by atoms with van der Waals surface area (Å²) in [6.45, 7) is 5.08. The molecular formula is C20H25N5O5S3. The second kappa shape index (κ2) is 10.4. The van der Waals surface area contributed by atoms with Crippen LogP contribution in [-0.4, -0.2) is 33.9 Å². The molecule has 0 heterocycles. The molecule has 0 saturated carbocycles. The van der Waals surface area contributed by atoms with Crippen LogP contribution in [0.5, 0.6) is 0 Å². The van der Waals surface area contributed by atoms with Gasteiger partial charge in [-0.25, -0.2) is 27.1 Å². The van der Waals surface area contributed by atoms with E-state index in [-0.39, 0.29) is 38.6 Å². The van der Waals surface area contributed by atoms with E-state index in [1.54, 1.807) is 6.07 Å². The first-order valence-electron chi connectivity index (χ1n) is 9.53. The van der Waals surface area contributed by atoms with E-state index in [0.717, 1.165) is 0 Å². The Labute approximate surface area is 198 Å². The Balaban J connectivity index is 2.48. The quantitative estimate of drug-likeness (QED) is 0.276. The first-order chi connectivity index (χ1) is 15.2. The van der Waals surface area contributed by atoms with E-state index in [1.807, 2.05) is 13.8 Å². The maximum atomic E-state index is 12.2. The van der Waals surface area contributed by atoms with Crippen molar-refractivity contribution in [3.63, 3.8) is 0 Å². The maximum Gasteiger partial charge on any atom is 0.238 e. The summed E-state index contributed by atoms with van der Waals surface area (Å²) in [6, 6.07) is 8.64. The predicted octanol–water partition coefficient (Wildman–Crippen LogP) is 1.80. The number of amides is 1. The molecule has 10 nitrogen and oxygen atoms in total. The highest BCUT2D eigenvalue weighted by atomic mass is 32.2. The van der Waals surface area contributed by atoms with Crippen LogP contribution in [0.3, 0.4) is 0 Å². The number of thiocarbonyl (C=S) groups is 1. The summed E-state index contributed by atoms with van der Waals surface area (Å²) in [5.74, 6) is -0.381. The monoisotopic (exact) mass is 511 g/mol. The number of anilines is 2. The Morgan fingerprint density at radius 1 is 0.879 bits per heavy atom. The average Bonchev–Trinajstić information content (AvgIpc) is 2.65. The number of carbonyl (C=O) groups is 1. The van der Waals surface area contributed by atoms with Crippen molar-refractivity contribution in [1.82, 2.24) is 5.32 Å². The molecule has 0 unspecified atom stereocenters. The minimum Gasteiger partial charge on any atom is -0.360 e. The van der Waals surface area contributed by atoms with Crippen molar-refractivity contribution in [2.24, 2.45) is 10.3 Å². The van der Waals surface area contributed by atoms with E-state index in [1.165, 1.54) is 49.4 Å². The van der Waals surface area contributed by atoms with Crippen LogP contribution in [0.4, 0.5) is 11.4 Å². The summed E-state index contributed by atoms with van der Waals surface area (Å²) < 4.78 is 48.4. The number of benzene rings is 2. The van der Waals surface area contributed by atoms with Gasteiger partial charge in [0.2, 0.25) is 26.0 Å². The molecule has 2 rings (SSSR count). The summed E-state index contributed by atoms with van der Waals surface area (Å²) in [4.78, 5) is 10.8. The standard InChI is InChI=1S/C20H25N5O5S3/c1-12(2)23-20(31)25-17-9-7-15(19(11-17)33(22,29)30)5-4-14-6-8-16(24-13(3)26)10-18(14)32(21,27)28/h4-12H,1-3H3,(H,24,26)(H2,21,27,28)(H2,22,29,30)(H2,23,25,31). The van der Waals surface area contributed by atoms with Gasteiger partial charge in [-0.3, -0.25) is 4.79 Å². The average molecular weight is 512 g/mol. The Kier molecular flexibility index (Phi) is 8.32. The van der Waals surface area contributed by atoms with Crippen LogP contribution in [0, 0.1) is 0 Å². The van der Waals surface area contributed by atoms with E-state index >= 15 is 0 Å². The van der Waals surface area contributed by atoms with Crippen LogP contribution < -0.4 is 26.2 Å². The normalized spacial score (nSPS) is 12.1. The fraction of sp³-hybridized carbons (Fsp3) is 0.200. The molecule has 0 aliphatic rings. The van der Waals surface area contributed by atoms with Gasteiger partial charge < -0.3 is 16.0 Å². The van der Waals surface area contributed by atoms with E-state index in [2.05, 4.69) is 16.0 Å². The molecule has 13 heteroatoms. The number of hydrogen-bond donors (Lipinski definition) is 5. The zero-order valence-electron chi connectivity index (χ0n) is 18.1. The molecule has 0 saturated heterocycles. The van der Waals surface area contributed by atoms with Gasteiger partial charge in [-0.15, -0.1) is 0 Å². The third-order valence-corrected chi connectivity index (χ3v) is 6.23. The summed E-state index contributed by atoms with van der Waals surface area (Å²) in [7, 11) is -8.26. The molecule has 0 atom stereocenters. The molecule has 2 aromatic carbocycles. The Morgan fingerprint density at radius 2 is 1.30 bits per heavy atom. The van der Waals surface area contributed by atoms with Crippen LogP contribution in [0.1, 0.15) is 31.9 Å². The molecule has 2 aromatic rings. The highest BCUT2D eigenvalue weighted by Crippen LogP contribution is 2.25. The smallest absolute Gasteiger partial charge is 0.238 e. The van der Waals surface area contributed by atoms with Gasteiger partial charge in [0, 0.05) is 24.3 Å². The third kappa shape index (κ3) is 7.91. The number of carbonyl (C=O) groups excluding carboxylic acids is 1. The van der Waals surface area contributed by atoms with Crippen molar-refractivity contribution in [1.29, 1.82) is 0 Å². The predicted molar refractivity (Wildman–Crippen MR) is 133 cm³/mol. The minimum atomic E-state index is -4.14. The number of sulfonamides is 2. The molecule has 0 radical (unpaired) electrons. The van der Waals surface area contributed by atoms with E-state index in [4.69, 9.17) is 22.5 Å². The summed E-state index contributed by atoms with van der Waals surface area (Å²) >= 11 is 5.17. The molecule has 0 aromatic heterocycles. The van der Waals surface area contributed by atoms with Crippen molar-refractivity contribution in [2.45, 2.75) is 36.6 Å². The fourth-order valence-electron chi connectivity index (χ4n) is 2.80. The number of rotatable bonds is 7. The summed E-state index contributed by atoms with van der Waals surface area (Å²) in [5.41, 5.74) is 1.06. The fourth-order valence-corrected chi connectivity index (χ4v) is 4.67. The molecule has 0 aliphatic heterocycles. The van der Waals surface area contributed by atoms with Gasteiger partial charge in [0.25, 0.3) is 0 Å². The van der Waals surface area contributed by atoms with Gasteiger partial charge in [-0.1, -0.05) is 24.3 Å². The lowest BCUT2D eigenvalue weighted by molar-refractivity contribution is -0.114. The van der Waals surface area contributed by atoms with Gasteiger partial charge in [0.05, 0.1) is 9.79 Å². The van der Waals surface area contributed by atoms with Gasteiger partial charge in [0.15, 0.2) is 5.11 Å². The van der Waals surface area contributed by atoms with Crippen LogP contribution >= 0.6 is 12.2 Å². The Bertz CT molecular complexity index is 1320. The van der Waals surface area contributed by atoms with Crippen LogP contribution in [0.25, 0.3) is 12.2 Å². The molecule has 0 bridgehead atoms. The van der Waals surface area contributed by atoms with Crippen molar-refractivity contribution < 1.29 is 21.6 Å². The van der Waals surface area contributed by atoms with Crippen molar-refractivity contribution in [3.05, 3.63) is 47.5 Å². The highest BCUT2D eigenvalue weighted by Gasteiger charge is 2.16. The van der Waals surface area contributed by atoms with Crippen LogP contribution in [0.15, 0.2) is 46.2 Å². The minimum absolute atomic E-state index is 0.0787. The second-order valence-corrected chi connectivity index (χ2v) is 10.8. The maximum absolute atomic E-state index is 12.2. The Hall–Kier alpha value is -2.84. The van der Waals surface area contributed by atoms with Crippen LogP contribution in [0.2, 0.25) is 0 Å². The lowest BCUT2D eigenvalue weighted by Crippen LogP contribution is -2.33. The third-order valence-electron chi connectivity index (χ3n) is 4.08.